The van der Waals surface area contributed by atoms with Gasteiger partial charge in [-0.3, -0.25) is 4.79 Å². The van der Waals surface area contributed by atoms with E-state index in [-0.39, 0.29) is 11.2 Å². The molecule has 1 fully saturated rings. The van der Waals surface area contributed by atoms with E-state index in [1.165, 1.54) is 5.56 Å². The maximum absolute atomic E-state index is 12.9. The van der Waals surface area contributed by atoms with Crippen LogP contribution in [-0.2, 0) is 18.9 Å². The number of nitrogens with zero attached hydrogens (tertiary/aromatic N) is 3. The van der Waals surface area contributed by atoms with Crippen molar-refractivity contribution in [3.05, 3.63) is 71.7 Å². The van der Waals surface area contributed by atoms with Gasteiger partial charge in [0.25, 0.3) is 0 Å². The van der Waals surface area contributed by atoms with Crippen LogP contribution in [0.4, 0.5) is 11.5 Å². The van der Waals surface area contributed by atoms with Gasteiger partial charge in [0.1, 0.15) is 11.5 Å². The third-order valence-electron chi connectivity index (χ3n) is 7.68. The molecule has 1 aromatic carbocycles. The van der Waals surface area contributed by atoms with Crippen molar-refractivity contribution in [3.8, 4) is 11.1 Å². The third kappa shape index (κ3) is 3.41. The second kappa shape index (κ2) is 8.06. The van der Waals surface area contributed by atoms with Gasteiger partial charge in [-0.05, 0) is 84.3 Å². The van der Waals surface area contributed by atoms with Crippen molar-refractivity contribution in [2.45, 2.75) is 38.0 Å². The van der Waals surface area contributed by atoms with Crippen LogP contribution in [0.3, 0.4) is 0 Å². The predicted octanol–water partition coefficient (Wildman–Crippen LogP) is 5.15. The van der Waals surface area contributed by atoms with Gasteiger partial charge in [-0.1, -0.05) is 19.1 Å². The molecular formula is C28H29N5O. The van der Waals surface area contributed by atoms with Gasteiger partial charge in [0.2, 0.25) is 0 Å². The molecule has 0 atom stereocenters. The molecule has 1 aliphatic heterocycles. The molecule has 0 bridgehead atoms. The average Bonchev–Trinajstić information content (AvgIpc) is 3.44. The van der Waals surface area contributed by atoms with E-state index in [0.717, 1.165) is 77.1 Å². The highest BCUT2D eigenvalue weighted by molar-refractivity contribution is 6.09. The fourth-order valence-electron chi connectivity index (χ4n) is 5.58. The average molecular weight is 452 g/mol. The number of Topliss-reactive ketones (excluding diaryl/α,β-unsaturated/α-hetero) is 1. The normalized spacial score (nSPS) is 17.2. The van der Waals surface area contributed by atoms with Crippen molar-refractivity contribution in [1.82, 2.24) is 19.9 Å². The highest BCUT2D eigenvalue weighted by Crippen LogP contribution is 2.40. The van der Waals surface area contributed by atoms with Crippen LogP contribution in [0.15, 0.2) is 55.0 Å². The van der Waals surface area contributed by atoms with Crippen LogP contribution in [0.25, 0.3) is 22.2 Å². The van der Waals surface area contributed by atoms with E-state index in [1.54, 1.807) is 0 Å². The van der Waals surface area contributed by atoms with Crippen LogP contribution in [0.5, 0.6) is 0 Å². The van der Waals surface area contributed by atoms with Gasteiger partial charge < -0.3 is 15.2 Å². The molecule has 4 aromatic rings. The van der Waals surface area contributed by atoms with Gasteiger partial charge in [-0.25, -0.2) is 9.97 Å². The fourth-order valence-corrected chi connectivity index (χ4v) is 5.58. The van der Waals surface area contributed by atoms with E-state index in [1.807, 2.05) is 42.3 Å². The number of piperidine rings is 1. The minimum atomic E-state index is 0.170. The Hall–Kier alpha value is -3.51. The van der Waals surface area contributed by atoms with Crippen molar-refractivity contribution >= 4 is 28.3 Å². The summed E-state index contributed by atoms with van der Waals surface area (Å²) in [5, 5.41) is 7.98. The lowest BCUT2D eigenvalue weighted by atomic mass is 9.76. The van der Waals surface area contributed by atoms with Crippen LogP contribution in [0, 0.1) is 0 Å². The number of fused-ring (bicyclic) bond motifs is 2. The molecule has 6 heteroatoms. The molecule has 3 aromatic heterocycles. The van der Waals surface area contributed by atoms with E-state index in [2.05, 4.69) is 46.8 Å². The SMILES string of the molecule is Cn1ccc2c(-c3ccc(Nc4ccc(C5(C)CCNCC5)cn4)c4c3CCC4=O)ccnc21. The molecule has 6 nitrogen and oxygen atoms in total. The summed E-state index contributed by atoms with van der Waals surface area (Å²) in [6.45, 7) is 4.42. The molecule has 0 unspecified atom stereocenters. The highest BCUT2D eigenvalue weighted by Gasteiger charge is 2.30. The Labute approximate surface area is 199 Å². The number of benzene rings is 1. The Morgan fingerprint density at radius 3 is 2.65 bits per heavy atom. The van der Waals surface area contributed by atoms with Crippen molar-refractivity contribution < 1.29 is 4.79 Å². The van der Waals surface area contributed by atoms with Crippen LogP contribution >= 0.6 is 0 Å². The first-order chi connectivity index (χ1) is 16.5. The number of carbonyl (C=O) groups excluding carboxylic acids is 1. The lowest BCUT2D eigenvalue weighted by Crippen LogP contribution is -2.37. The predicted molar refractivity (Wildman–Crippen MR) is 136 cm³/mol. The van der Waals surface area contributed by atoms with Gasteiger partial charge in [0.15, 0.2) is 5.78 Å². The second-order valence-electron chi connectivity index (χ2n) is 9.83. The molecule has 0 saturated carbocycles. The molecule has 0 amide bonds. The Morgan fingerprint density at radius 1 is 1.00 bits per heavy atom. The van der Waals surface area contributed by atoms with Crippen LogP contribution in [0.2, 0.25) is 0 Å². The number of ketones is 1. The van der Waals surface area contributed by atoms with E-state index >= 15 is 0 Å². The molecule has 2 N–H and O–H groups in total. The zero-order valence-electron chi connectivity index (χ0n) is 19.7. The van der Waals surface area contributed by atoms with Crippen LogP contribution in [0.1, 0.15) is 47.7 Å². The molecule has 2 aliphatic rings. The van der Waals surface area contributed by atoms with E-state index in [0.29, 0.717) is 6.42 Å². The molecule has 0 radical (unpaired) electrons. The van der Waals surface area contributed by atoms with Crippen molar-refractivity contribution in [1.29, 1.82) is 0 Å². The first kappa shape index (κ1) is 21.1. The van der Waals surface area contributed by atoms with Gasteiger partial charge >= 0.3 is 0 Å². The summed E-state index contributed by atoms with van der Waals surface area (Å²) in [4.78, 5) is 22.2. The van der Waals surface area contributed by atoms with Gasteiger partial charge in [-0.2, -0.15) is 0 Å². The molecule has 172 valence electrons. The Bertz CT molecular complexity index is 1400. The van der Waals surface area contributed by atoms with Crippen LogP contribution in [-0.4, -0.2) is 33.4 Å². The number of hydrogen-bond donors (Lipinski definition) is 2. The maximum Gasteiger partial charge on any atom is 0.165 e. The van der Waals surface area contributed by atoms with Crippen molar-refractivity contribution in [2.24, 2.45) is 7.05 Å². The molecule has 6 rings (SSSR count). The molecule has 0 spiro atoms. The lowest BCUT2D eigenvalue weighted by Gasteiger charge is -2.34. The molecule has 1 aliphatic carbocycles. The first-order valence-corrected chi connectivity index (χ1v) is 12.1. The summed E-state index contributed by atoms with van der Waals surface area (Å²) >= 11 is 0. The third-order valence-corrected chi connectivity index (χ3v) is 7.68. The topological polar surface area (TPSA) is 71.8 Å². The van der Waals surface area contributed by atoms with Crippen molar-refractivity contribution in [2.75, 3.05) is 18.4 Å². The summed E-state index contributed by atoms with van der Waals surface area (Å²) in [6, 6.07) is 12.5. The lowest BCUT2D eigenvalue weighted by molar-refractivity contribution is 0.0995. The monoisotopic (exact) mass is 451 g/mol. The zero-order valence-corrected chi connectivity index (χ0v) is 19.7. The quantitative estimate of drug-likeness (QED) is 0.449. The van der Waals surface area contributed by atoms with Gasteiger partial charge in [0.05, 0.1) is 5.69 Å². The maximum atomic E-state index is 12.9. The van der Waals surface area contributed by atoms with Gasteiger partial charge in [0, 0.05) is 43.0 Å². The number of pyridine rings is 2. The summed E-state index contributed by atoms with van der Waals surface area (Å²) in [5.74, 6) is 0.960. The minimum absolute atomic E-state index is 0.170. The van der Waals surface area contributed by atoms with Gasteiger partial charge in [-0.15, -0.1) is 0 Å². The number of rotatable bonds is 4. The molecule has 34 heavy (non-hydrogen) atoms. The second-order valence-corrected chi connectivity index (χ2v) is 9.83. The Balaban J connectivity index is 1.35. The van der Waals surface area contributed by atoms with E-state index in [9.17, 15) is 4.79 Å². The standard InChI is InChI=1S/C28H29N5O/c1-28(11-14-29-15-12-28)18-3-8-25(31-17-18)32-23-6-4-19(21-5-7-24(34)26(21)23)20-9-13-30-27-22(20)10-16-33(27)2/h3-4,6,8-10,13,16-17,29H,5,7,11-12,14-15H2,1-2H3,(H,31,32). The first-order valence-electron chi connectivity index (χ1n) is 12.1. The number of carbonyl (C=O) groups is 1. The number of aromatic nitrogens is 3. The minimum Gasteiger partial charge on any atom is -0.340 e. The number of aryl methyl sites for hydroxylation is 1. The molecule has 1 saturated heterocycles. The summed E-state index contributed by atoms with van der Waals surface area (Å²) in [5.41, 5.74) is 7.40. The molecular weight excluding hydrogens is 422 g/mol. The molecule has 4 heterocycles. The number of nitrogens with one attached hydrogen (secondary N) is 2. The van der Waals surface area contributed by atoms with E-state index < -0.39 is 0 Å². The summed E-state index contributed by atoms with van der Waals surface area (Å²) < 4.78 is 2.03. The smallest absolute Gasteiger partial charge is 0.165 e. The fraction of sp³-hybridized carbons (Fsp3) is 0.321. The summed E-state index contributed by atoms with van der Waals surface area (Å²) in [7, 11) is 2.00. The number of anilines is 2. The van der Waals surface area contributed by atoms with Crippen LogP contribution < -0.4 is 10.6 Å². The Morgan fingerprint density at radius 2 is 1.85 bits per heavy atom. The van der Waals surface area contributed by atoms with Crippen molar-refractivity contribution in [3.63, 3.8) is 0 Å². The Kier molecular flexibility index (Phi) is 4.99. The zero-order chi connectivity index (χ0) is 23.3. The summed E-state index contributed by atoms with van der Waals surface area (Å²) in [6.07, 6.45) is 9.41. The van der Waals surface area contributed by atoms with E-state index in [4.69, 9.17) is 4.98 Å². The largest absolute Gasteiger partial charge is 0.340 e. The highest BCUT2D eigenvalue weighted by atomic mass is 16.1. The number of hydrogen-bond acceptors (Lipinski definition) is 5.